The SMILES string of the molecule is Cc1cccc(C)c1-c1cncc([C@H](CC(=O)O)NC(=O)C(CC(C)C)N2CCc3ccccc3C2=O)c1. The van der Waals surface area contributed by atoms with Crippen LogP contribution < -0.4 is 5.32 Å². The van der Waals surface area contributed by atoms with Gasteiger partial charge in [-0.25, -0.2) is 0 Å². The van der Waals surface area contributed by atoms with E-state index in [0.29, 0.717) is 30.5 Å². The van der Waals surface area contributed by atoms with Gasteiger partial charge < -0.3 is 15.3 Å². The maximum atomic E-state index is 13.7. The molecule has 4 rings (SSSR count). The predicted molar refractivity (Wildman–Crippen MR) is 147 cm³/mol. The van der Waals surface area contributed by atoms with Crippen molar-refractivity contribution in [2.24, 2.45) is 5.92 Å². The van der Waals surface area contributed by atoms with Gasteiger partial charge in [0.05, 0.1) is 12.5 Å². The lowest BCUT2D eigenvalue weighted by Gasteiger charge is -2.36. The molecule has 38 heavy (non-hydrogen) atoms. The molecule has 0 radical (unpaired) electrons. The summed E-state index contributed by atoms with van der Waals surface area (Å²) >= 11 is 0. The fourth-order valence-corrected chi connectivity index (χ4v) is 5.31. The maximum absolute atomic E-state index is 13.7. The molecule has 1 aliphatic heterocycles. The molecule has 2 aromatic carbocycles. The van der Waals surface area contributed by atoms with Crippen molar-refractivity contribution in [2.75, 3.05) is 6.54 Å². The Bertz CT molecular complexity index is 1330. The number of carbonyl (C=O) groups excluding carboxylic acids is 2. The summed E-state index contributed by atoms with van der Waals surface area (Å²) in [6.45, 7) is 8.50. The Labute approximate surface area is 223 Å². The molecule has 2 amide bonds. The van der Waals surface area contributed by atoms with Crippen molar-refractivity contribution in [1.29, 1.82) is 0 Å². The van der Waals surface area contributed by atoms with Crippen molar-refractivity contribution >= 4 is 17.8 Å². The molecule has 7 nitrogen and oxygen atoms in total. The van der Waals surface area contributed by atoms with E-state index in [1.54, 1.807) is 23.4 Å². The molecule has 1 unspecified atom stereocenters. The Morgan fingerprint density at radius 2 is 1.76 bits per heavy atom. The van der Waals surface area contributed by atoms with Crippen LogP contribution in [0.2, 0.25) is 0 Å². The minimum atomic E-state index is -1.03. The summed E-state index contributed by atoms with van der Waals surface area (Å²) in [6, 6.07) is 13.9. The molecule has 0 saturated heterocycles. The van der Waals surface area contributed by atoms with Gasteiger partial charge in [0.15, 0.2) is 0 Å². The van der Waals surface area contributed by atoms with Crippen molar-refractivity contribution in [3.63, 3.8) is 0 Å². The number of nitrogens with one attached hydrogen (secondary N) is 1. The Balaban J connectivity index is 1.64. The summed E-state index contributed by atoms with van der Waals surface area (Å²) in [4.78, 5) is 45.0. The first-order valence-electron chi connectivity index (χ1n) is 13.1. The normalized spacial score (nSPS) is 14.7. The Hall–Kier alpha value is -4.00. The molecule has 198 valence electrons. The molecule has 0 saturated carbocycles. The van der Waals surface area contributed by atoms with Gasteiger partial charge in [0.2, 0.25) is 5.91 Å². The van der Waals surface area contributed by atoms with Crippen LogP contribution in [0.5, 0.6) is 0 Å². The van der Waals surface area contributed by atoms with E-state index in [1.165, 1.54) is 0 Å². The van der Waals surface area contributed by atoms with Crippen molar-refractivity contribution < 1.29 is 19.5 Å². The summed E-state index contributed by atoms with van der Waals surface area (Å²) in [5.74, 6) is -1.39. The lowest BCUT2D eigenvalue weighted by molar-refractivity contribution is -0.138. The second kappa shape index (κ2) is 11.6. The minimum absolute atomic E-state index is 0.155. The van der Waals surface area contributed by atoms with Crippen LogP contribution in [0.1, 0.15) is 65.3 Å². The number of pyridine rings is 1. The van der Waals surface area contributed by atoms with E-state index in [1.807, 2.05) is 70.2 Å². The molecule has 0 spiro atoms. The predicted octanol–water partition coefficient (Wildman–Crippen LogP) is 5.11. The molecular formula is C31H35N3O4. The third-order valence-corrected chi connectivity index (χ3v) is 7.13. The summed E-state index contributed by atoms with van der Waals surface area (Å²) < 4.78 is 0. The van der Waals surface area contributed by atoms with Gasteiger partial charge >= 0.3 is 5.97 Å². The van der Waals surface area contributed by atoms with Crippen molar-refractivity contribution in [3.8, 4) is 11.1 Å². The monoisotopic (exact) mass is 513 g/mol. The number of carboxylic acid groups (broad SMARTS) is 1. The maximum Gasteiger partial charge on any atom is 0.305 e. The van der Waals surface area contributed by atoms with Crippen molar-refractivity contribution in [1.82, 2.24) is 15.2 Å². The van der Waals surface area contributed by atoms with Crippen LogP contribution in [0.25, 0.3) is 11.1 Å². The van der Waals surface area contributed by atoms with Crippen molar-refractivity contribution in [3.05, 3.63) is 88.7 Å². The average Bonchev–Trinajstić information content (AvgIpc) is 2.87. The molecule has 1 aromatic heterocycles. The van der Waals surface area contributed by atoms with Gasteiger partial charge in [-0.05, 0) is 72.6 Å². The molecule has 0 bridgehead atoms. The minimum Gasteiger partial charge on any atom is -0.481 e. The summed E-state index contributed by atoms with van der Waals surface area (Å²) in [7, 11) is 0. The van der Waals surface area contributed by atoms with E-state index >= 15 is 0 Å². The highest BCUT2D eigenvalue weighted by Gasteiger charge is 2.35. The third kappa shape index (κ3) is 5.93. The number of aromatic nitrogens is 1. The number of carbonyl (C=O) groups is 3. The van der Waals surface area contributed by atoms with Gasteiger partial charge in [-0.3, -0.25) is 19.4 Å². The molecule has 0 aliphatic carbocycles. The molecule has 7 heteroatoms. The number of aliphatic carboxylic acids is 1. The van der Waals surface area contributed by atoms with E-state index < -0.39 is 18.1 Å². The summed E-state index contributed by atoms with van der Waals surface area (Å²) in [6.07, 6.45) is 4.20. The second-order valence-corrected chi connectivity index (χ2v) is 10.5. The summed E-state index contributed by atoms with van der Waals surface area (Å²) in [5.41, 5.74) is 6.29. The number of fused-ring (bicyclic) bond motifs is 1. The molecule has 1 aliphatic rings. The quantitative estimate of drug-likeness (QED) is 0.414. The summed E-state index contributed by atoms with van der Waals surface area (Å²) in [5, 5.41) is 12.6. The Morgan fingerprint density at radius 1 is 1.05 bits per heavy atom. The zero-order chi connectivity index (χ0) is 27.4. The van der Waals surface area contributed by atoms with Crippen LogP contribution >= 0.6 is 0 Å². The number of rotatable bonds is 9. The van der Waals surface area contributed by atoms with E-state index in [-0.39, 0.29) is 24.2 Å². The molecular weight excluding hydrogens is 478 g/mol. The molecule has 2 heterocycles. The largest absolute Gasteiger partial charge is 0.481 e. The lowest BCUT2D eigenvalue weighted by Crippen LogP contribution is -2.53. The highest BCUT2D eigenvalue weighted by atomic mass is 16.4. The number of carboxylic acids is 1. The first-order valence-corrected chi connectivity index (χ1v) is 13.1. The van der Waals surface area contributed by atoms with Gasteiger partial charge in [0, 0.05) is 30.1 Å². The highest BCUT2D eigenvalue weighted by molar-refractivity contribution is 5.99. The number of nitrogens with zero attached hydrogens (tertiary/aromatic N) is 2. The van der Waals surface area contributed by atoms with Crippen LogP contribution in [-0.4, -0.2) is 45.4 Å². The number of amides is 2. The highest BCUT2D eigenvalue weighted by Crippen LogP contribution is 2.30. The molecule has 2 N–H and O–H groups in total. The average molecular weight is 514 g/mol. The standard InChI is InChI=1S/C31H35N3O4/c1-19(2)14-27(34-13-12-22-10-5-6-11-25(22)31(34)38)30(37)33-26(16-28(35)36)23-15-24(18-32-17-23)29-20(3)8-7-9-21(29)4/h5-11,15,17-19,26-27H,12-14,16H2,1-4H3,(H,33,37)(H,35,36)/t26-,27?/m0/s1. The first kappa shape index (κ1) is 27.0. The second-order valence-electron chi connectivity index (χ2n) is 10.5. The van der Waals surface area contributed by atoms with Gasteiger partial charge in [-0.15, -0.1) is 0 Å². The number of hydrogen-bond acceptors (Lipinski definition) is 4. The fraction of sp³-hybridized carbons (Fsp3) is 0.355. The van der Waals surface area contributed by atoms with E-state index in [9.17, 15) is 19.5 Å². The van der Waals surface area contributed by atoms with E-state index in [2.05, 4.69) is 10.3 Å². The Morgan fingerprint density at radius 3 is 2.45 bits per heavy atom. The molecule has 2 atom stereocenters. The topological polar surface area (TPSA) is 99.6 Å². The zero-order valence-corrected chi connectivity index (χ0v) is 22.4. The smallest absolute Gasteiger partial charge is 0.305 e. The van der Waals surface area contributed by atoms with Gasteiger partial charge in [0.1, 0.15) is 6.04 Å². The lowest BCUT2D eigenvalue weighted by atomic mass is 9.93. The molecule has 0 fully saturated rings. The fourth-order valence-electron chi connectivity index (χ4n) is 5.31. The zero-order valence-electron chi connectivity index (χ0n) is 22.4. The van der Waals surface area contributed by atoms with Crippen LogP contribution in [-0.2, 0) is 16.0 Å². The van der Waals surface area contributed by atoms with Crippen LogP contribution in [0.3, 0.4) is 0 Å². The molecule has 3 aromatic rings. The van der Waals surface area contributed by atoms with Crippen LogP contribution in [0.4, 0.5) is 0 Å². The van der Waals surface area contributed by atoms with Crippen molar-refractivity contribution in [2.45, 2.75) is 59.0 Å². The number of hydrogen-bond donors (Lipinski definition) is 2. The van der Waals surface area contributed by atoms with Gasteiger partial charge in [-0.2, -0.15) is 0 Å². The van der Waals surface area contributed by atoms with Crippen LogP contribution in [0.15, 0.2) is 60.9 Å². The Kier molecular flexibility index (Phi) is 8.25. The van der Waals surface area contributed by atoms with Gasteiger partial charge in [-0.1, -0.05) is 50.2 Å². The first-order chi connectivity index (χ1) is 18.2. The van der Waals surface area contributed by atoms with Crippen LogP contribution in [0, 0.1) is 19.8 Å². The van der Waals surface area contributed by atoms with E-state index in [4.69, 9.17) is 0 Å². The van der Waals surface area contributed by atoms with Gasteiger partial charge in [0.25, 0.3) is 5.91 Å². The van der Waals surface area contributed by atoms with E-state index in [0.717, 1.165) is 27.8 Å². The number of aryl methyl sites for hydroxylation is 2. The number of benzene rings is 2. The third-order valence-electron chi connectivity index (χ3n) is 7.13.